The van der Waals surface area contributed by atoms with Crippen LogP contribution in [0.5, 0.6) is 0 Å². The molecule has 0 atom stereocenters. The summed E-state index contributed by atoms with van der Waals surface area (Å²) < 4.78 is 0. The molecule has 0 unspecified atom stereocenters. The molecule has 2 N–H and O–H groups in total. The third-order valence-corrected chi connectivity index (χ3v) is 2.64. The van der Waals surface area contributed by atoms with Gasteiger partial charge in [-0.1, -0.05) is 26.8 Å². The van der Waals surface area contributed by atoms with Crippen LogP contribution < -0.4 is 5.32 Å². The number of nitro groups is 1. The van der Waals surface area contributed by atoms with Gasteiger partial charge in [0.05, 0.1) is 4.92 Å². The van der Waals surface area contributed by atoms with Crippen LogP contribution >= 0.6 is 0 Å². The van der Waals surface area contributed by atoms with Gasteiger partial charge in [-0.25, -0.2) is 4.79 Å². The molecule has 0 heterocycles. The van der Waals surface area contributed by atoms with Crippen LogP contribution in [0, 0.1) is 15.5 Å². The van der Waals surface area contributed by atoms with Gasteiger partial charge in [-0.3, -0.25) is 10.1 Å². The smallest absolute Gasteiger partial charge is 0.342 e. The first kappa shape index (κ1) is 14.9. The Bertz CT molecular complexity index is 492. The number of aromatic carboxylic acids is 1. The van der Waals surface area contributed by atoms with Gasteiger partial charge in [0, 0.05) is 6.54 Å². The van der Waals surface area contributed by atoms with Gasteiger partial charge in [-0.2, -0.15) is 0 Å². The molecule has 6 nitrogen and oxygen atoms in total. The number of rotatable bonds is 5. The second kappa shape index (κ2) is 5.69. The highest BCUT2D eigenvalue weighted by atomic mass is 16.6. The molecule has 0 aliphatic rings. The quantitative estimate of drug-likeness (QED) is 0.630. The summed E-state index contributed by atoms with van der Waals surface area (Å²) in [6, 6.07) is 4.25. The van der Waals surface area contributed by atoms with Crippen molar-refractivity contribution in [3.05, 3.63) is 33.9 Å². The largest absolute Gasteiger partial charge is 0.477 e. The fraction of sp³-hybridized carbons (Fsp3) is 0.462. The lowest BCUT2D eigenvalue weighted by atomic mass is 9.92. The van der Waals surface area contributed by atoms with Crippen molar-refractivity contribution < 1.29 is 14.8 Å². The molecule has 1 aromatic carbocycles. The van der Waals surface area contributed by atoms with Crippen LogP contribution in [0.4, 0.5) is 11.4 Å². The van der Waals surface area contributed by atoms with Crippen molar-refractivity contribution in [2.24, 2.45) is 5.41 Å². The molecule has 1 rings (SSSR count). The molecule has 0 radical (unpaired) electrons. The highest BCUT2D eigenvalue weighted by Crippen LogP contribution is 2.29. The highest BCUT2D eigenvalue weighted by Gasteiger charge is 2.24. The number of benzene rings is 1. The van der Waals surface area contributed by atoms with E-state index in [1.54, 1.807) is 0 Å². The van der Waals surface area contributed by atoms with Gasteiger partial charge in [-0.05, 0) is 24.0 Å². The third-order valence-electron chi connectivity index (χ3n) is 2.64. The van der Waals surface area contributed by atoms with E-state index in [0.29, 0.717) is 6.54 Å². The third kappa shape index (κ3) is 4.24. The van der Waals surface area contributed by atoms with E-state index in [9.17, 15) is 14.9 Å². The lowest BCUT2D eigenvalue weighted by molar-refractivity contribution is -0.384. The summed E-state index contributed by atoms with van der Waals surface area (Å²) in [4.78, 5) is 21.3. The predicted molar refractivity (Wildman–Crippen MR) is 72.6 cm³/mol. The summed E-state index contributed by atoms with van der Waals surface area (Å²) in [5.41, 5.74) is -0.338. The van der Waals surface area contributed by atoms with E-state index < -0.39 is 10.9 Å². The second-order valence-corrected chi connectivity index (χ2v) is 5.50. The summed E-state index contributed by atoms with van der Waals surface area (Å²) in [7, 11) is 0. The average molecular weight is 266 g/mol. The number of para-hydroxylation sites is 1. The number of carbonyl (C=O) groups is 1. The van der Waals surface area contributed by atoms with Crippen LogP contribution in [0.15, 0.2) is 18.2 Å². The number of carboxylic acids is 1. The maximum absolute atomic E-state index is 11.0. The average Bonchev–Trinajstić information content (AvgIpc) is 2.26. The molecule has 0 aliphatic carbocycles. The number of nitrogens with zero attached hydrogens (tertiary/aromatic N) is 1. The molecule has 0 saturated carbocycles. The molecule has 0 spiro atoms. The fourth-order valence-corrected chi connectivity index (χ4v) is 1.63. The Morgan fingerprint density at radius 1 is 1.42 bits per heavy atom. The molecule has 19 heavy (non-hydrogen) atoms. The van der Waals surface area contributed by atoms with Crippen molar-refractivity contribution in [3.8, 4) is 0 Å². The molecular weight excluding hydrogens is 248 g/mol. The standard InChI is InChI=1S/C13H18N2O4/c1-13(2,3)7-8-14-10-6-4-5-9(12(16)17)11(10)15(18)19/h4-6,14H,7-8H2,1-3H3,(H,16,17). The molecule has 6 heteroatoms. The minimum Gasteiger partial charge on any atom is -0.477 e. The SMILES string of the molecule is CC(C)(C)CCNc1cccc(C(=O)O)c1[N+](=O)[O-]. The Morgan fingerprint density at radius 3 is 2.53 bits per heavy atom. The van der Waals surface area contributed by atoms with Gasteiger partial charge in [0.15, 0.2) is 0 Å². The Morgan fingerprint density at radius 2 is 2.05 bits per heavy atom. The Hall–Kier alpha value is -2.11. The van der Waals surface area contributed by atoms with Gasteiger partial charge in [0.1, 0.15) is 11.3 Å². The van der Waals surface area contributed by atoms with Gasteiger partial charge < -0.3 is 10.4 Å². The summed E-state index contributed by atoms with van der Waals surface area (Å²) in [6.45, 7) is 6.75. The minimum absolute atomic E-state index is 0.103. The monoisotopic (exact) mass is 266 g/mol. The van der Waals surface area contributed by atoms with E-state index in [1.165, 1.54) is 18.2 Å². The van der Waals surface area contributed by atoms with Crippen LogP contribution in [0.25, 0.3) is 0 Å². The molecule has 104 valence electrons. The van der Waals surface area contributed by atoms with Crippen molar-refractivity contribution in [3.63, 3.8) is 0 Å². The van der Waals surface area contributed by atoms with Crippen molar-refractivity contribution in [2.45, 2.75) is 27.2 Å². The van der Waals surface area contributed by atoms with Crippen LogP contribution in [0.2, 0.25) is 0 Å². The Balaban J connectivity index is 2.98. The number of hydrogen-bond acceptors (Lipinski definition) is 4. The molecule has 0 amide bonds. The zero-order valence-corrected chi connectivity index (χ0v) is 11.3. The molecule has 0 bridgehead atoms. The lowest BCUT2D eigenvalue weighted by Gasteiger charge is -2.18. The van der Waals surface area contributed by atoms with Gasteiger partial charge in [0.25, 0.3) is 0 Å². The van der Waals surface area contributed by atoms with Crippen LogP contribution in [0.1, 0.15) is 37.6 Å². The number of carboxylic acid groups (broad SMARTS) is 1. The van der Waals surface area contributed by atoms with Gasteiger partial charge in [-0.15, -0.1) is 0 Å². The van der Waals surface area contributed by atoms with E-state index in [0.717, 1.165) is 6.42 Å². The number of anilines is 1. The van der Waals surface area contributed by atoms with Crippen molar-refractivity contribution >= 4 is 17.3 Å². The molecule has 0 aromatic heterocycles. The van der Waals surface area contributed by atoms with Crippen LogP contribution in [-0.2, 0) is 0 Å². The highest BCUT2D eigenvalue weighted by molar-refractivity contribution is 5.95. The molecule has 1 aromatic rings. The Labute approximate surface area is 111 Å². The zero-order chi connectivity index (χ0) is 14.6. The van der Waals surface area contributed by atoms with Gasteiger partial charge in [0.2, 0.25) is 0 Å². The zero-order valence-electron chi connectivity index (χ0n) is 11.3. The maximum Gasteiger partial charge on any atom is 0.342 e. The Kier molecular flexibility index (Phi) is 4.47. The van der Waals surface area contributed by atoms with Crippen LogP contribution in [-0.4, -0.2) is 22.5 Å². The van der Waals surface area contributed by atoms with E-state index >= 15 is 0 Å². The summed E-state index contributed by atoms with van der Waals surface area (Å²) in [6.07, 6.45) is 0.821. The van der Waals surface area contributed by atoms with Crippen molar-refractivity contribution in [1.82, 2.24) is 0 Å². The van der Waals surface area contributed by atoms with E-state index in [2.05, 4.69) is 26.1 Å². The predicted octanol–water partition coefficient (Wildman–Crippen LogP) is 3.14. The number of nitro benzene ring substituents is 1. The molecule has 0 saturated heterocycles. The lowest BCUT2D eigenvalue weighted by Crippen LogP contribution is -2.14. The van der Waals surface area contributed by atoms with E-state index in [-0.39, 0.29) is 22.4 Å². The van der Waals surface area contributed by atoms with E-state index in [4.69, 9.17) is 5.11 Å². The second-order valence-electron chi connectivity index (χ2n) is 5.50. The number of hydrogen-bond donors (Lipinski definition) is 2. The number of nitrogens with one attached hydrogen (secondary N) is 1. The summed E-state index contributed by atoms with van der Waals surface area (Å²) in [5, 5.41) is 22.9. The molecule has 0 aliphatic heterocycles. The van der Waals surface area contributed by atoms with Crippen molar-refractivity contribution in [1.29, 1.82) is 0 Å². The first-order chi connectivity index (χ1) is 8.72. The fourth-order valence-electron chi connectivity index (χ4n) is 1.63. The first-order valence-electron chi connectivity index (χ1n) is 5.97. The summed E-state index contributed by atoms with van der Waals surface area (Å²) >= 11 is 0. The minimum atomic E-state index is -1.30. The maximum atomic E-state index is 11.0. The normalized spacial score (nSPS) is 11.1. The molecule has 0 fully saturated rings. The van der Waals surface area contributed by atoms with Crippen molar-refractivity contribution in [2.75, 3.05) is 11.9 Å². The first-order valence-corrected chi connectivity index (χ1v) is 5.97. The van der Waals surface area contributed by atoms with E-state index in [1.807, 2.05) is 0 Å². The van der Waals surface area contributed by atoms with Crippen LogP contribution in [0.3, 0.4) is 0 Å². The summed E-state index contributed by atoms with van der Waals surface area (Å²) in [5.74, 6) is -1.30. The molecular formula is C13H18N2O4. The topological polar surface area (TPSA) is 92.5 Å². The van der Waals surface area contributed by atoms with Gasteiger partial charge >= 0.3 is 11.7 Å².